The molecule has 0 spiro atoms. The molecular weight excluding hydrogens is 246 g/mol. The van der Waals surface area contributed by atoms with Crippen LogP contribution in [-0.4, -0.2) is 57.4 Å². The van der Waals surface area contributed by atoms with E-state index in [1.54, 1.807) is 0 Å². The zero-order valence-corrected chi connectivity index (χ0v) is 10.9. The Balaban J connectivity index is 1.59. The van der Waals surface area contributed by atoms with Crippen molar-refractivity contribution in [3.8, 4) is 0 Å². The van der Waals surface area contributed by atoms with Crippen molar-refractivity contribution in [3.63, 3.8) is 0 Å². The molecule has 1 aliphatic carbocycles. The molecule has 0 unspecified atom stereocenters. The van der Waals surface area contributed by atoms with Crippen molar-refractivity contribution in [1.82, 2.24) is 25.1 Å². The van der Waals surface area contributed by atoms with Crippen LogP contribution in [0.5, 0.6) is 0 Å². The maximum Gasteiger partial charge on any atom is 0.191 e. The van der Waals surface area contributed by atoms with Gasteiger partial charge in [-0.25, -0.2) is 9.67 Å². The van der Waals surface area contributed by atoms with Gasteiger partial charge in [0.2, 0.25) is 0 Å². The number of morpholine rings is 1. The minimum Gasteiger partial charge on any atom is -0.378 e. The fourth-order valence-corrected chi connectivity index (χ4v) is 2.07. The van der Waals surface area contributed by atoms with Crippen molar-refractivity contribution < 1.29 is 4.74 Å². The lowest BCUT2D eigenvalue weighted by Crippen LogP contribution is -2.44. The number of rotatable bonds is 4. The highest BCUT2D eigenvalue weighted by Crippen LogP contribution is 2.30. The van der Waals surface area contributed by atoms with E-state index in [0.717, 1.165) is 31.4 Å². The Hall–Kier alpha value is -1.70. The lowest BCUT2D eigenvalue weighted by Gasteiger charge is -2.27. The molecule has 104 valence electrons. The molecule has 2 fully saturated rings. The first-order valence-corrected chi connectivity index (χ1v) is 6.70. The number of aliphatic imine (C=N–C) groups is 1. The Labute approximate surface area is 111 Å². The summed E-state index contributed by atoms with van der Waals surface area (Å²) in [6.45, 7) is 4.33. The molecule has 2 aliphatic rings. The Morgan fingerprint density at radius 1 is 1.37 bits per heavy atom. The molecule has 1 aromatic rings. The minimum absolute atomic E-state index is 0.433. The molecule has 3 rings (SSSR count). The number of tetrazole rings is 1. The lowest BCUT2D eigenvalue weighted by atomic mass is 10.4. The second-order valence-electron chi connectivity index (χ2n) is 4.99. The third-order valence-corrected chi connectivity index (χ3v) is 3.45. The summed E-state index contributed by atoms with van der Waals surface area (Å²) >= 11 is 0. The fraction of sp³-hybridized carbons (Fsp3) is 0.818. The largest absolute Gasteiger partial charge is 0.378 e. The van der Waals surface area contributed by atoms with E-state index in [2.05, 4.69) is 20.5 Å². The first-order valence-electron chi connectivity index (χ1n) is 6.70. The number of nitrogens with two attached hydrogens (primary N) is 1. The van der Waals surface area contributed by atoms with Crippen LogP contribution in [-0.2, 0) is 17.8 Å². The number of hydrogen-bond donors (Lipinski definition) is 1. The maximum atomic E-state index is 5.97. The molecule has 0 bridgehead atoms. The van der Waals surface area contributed by atoms with Gasteiger partial charge in [-0.1, -0.05) is 0 Å². The first kappa shape index (κ1) is 12.3. The van der Waals surface area contributed by atoms with Crippen LogP contribution in [0.25, 0.3) is 0 Å². The zero-order chi connectivity index (χ0) is 13.1. The van der Waals surface area contributed by atoms with Gasteiger partial charge in [0.15, 0.2) is 11.8 Å². The highest BCUT2D eigenvalue weighted by molar-refractivity contribution is 5.78. The van der Waals surface area contributed by atoms with Crippen molar-refractivity contribution >= 4 is 5.96 Å². The average molecular weight is 265 g/mol. The number of nitrogens with zero attached hydrogens (tertiary/aromatic N) is 6. The summed E-state index contributed by atoms with van der Waals surface area (Å²) in [6, 6.07) is 0. The molecule has 2 heterocycles. The molecule has 19 heavy (non-hydrogen) atoms. The van der Waals surface area contributed by atoms with Crippen LogP contribution >= 0.6 is 0 Å². The van der Waals surface area contributed by atoms with E-state index in [1.807, 2.05) is 9.58 Å². The molecule has 1 aliphatic heterocycles. The molecule has 8 heteroatoms. The molecule has 1 saturated carbocycles. The summed E-state index contributed by atoms with van der Waals surface area (Å²) in [5.41, 5.74) is 5.97. The molecule has 8 nitrogen and oxygen atoms in total. The number of ether oxygens (including phenoxy) is 1. The van der Waals surface area contributed by atoms with E-state index < -0.39 is 0 Å². The van der Waals surface area contributed by atoms with Gasteiger partial charge in [0.1, 0.15) is 6.54 Å². The van der Waals surface area contributed by atoms with Gasteiger partial charge in [0.05, 0.1) is 13.2 Å². The van der Waals surface area contributed by atoms with Crippen LogP contribution in [0.2, 0.25) is 0 Å². The highest BCUT2D eigenvalue weighted by atomic mass is 16.5. The Morgan fingerprint density at radius 3 is 2.89 bits per heavy atom. The van der Waals surface area contributed by atoms with E-state index in [4.69, 9.17) is 10.5 Å². The van der Waals surface area contributed by atoms with Gasteiger partial charge < -0.3 is 15.4 Å². The zero-order valence-electron chi connectivity index (χ0n) is 10.9. The number of guanidine groups is 1. The van der Waals surface area contributed by atoms with Crippen LogP contribution in [0.1, 0.15) is 18.7 Å². The van der Waals surface area contributed by atoms with Crippen molar-refractivity contribution in [3.05, 3.63) is 5.82 Å². The van der Waals surface area contributed by atoms with E-state index in [1.165, 1.54) is 12.8 Å². The molecule has 0 aromatic carbocycles. The second kappa shape index (κ2) is 5.52. The lowest BCUT2D eigenvalue weighted by molar-refractivity contribution is 0.0674. The van der Waals surface area contributed by atoms with Gasteiger partial charge in [-0.3, -0.25) is 0 Å². The van der Waals surface area contributed by atoms with Crippen LogP contribution in [0.15, 0.2) is 4.99 Å². The van der Waals surface area contributed by atoms with Crippen LogP contribution < -0.4 is 5.73 Å². The van der Waals surface area contributed by atoms with E-state index in [-0.39, 0.29) is 0 Å². The van der Waals surface area contributed by atoms with Gasteiger partial charge in [-0.15, -0.1) is 5.10 Å². The van der Waals surface area contributed by atoms with E-state index in [0.29, 0.717) is 25.7 Å². The van der Waals surface area contributed by atoms with Crippen LogP contribution in [0.3, 0.4) is 0 Å². The normalized spacial score (nSPS) is 20.8. The Kier molecular flexibility index (Phi) is 3.58. The molecular formula is C11H19N7O. The average Bonchev–Trinajstić information content (AvgIpc) is 3.15. The second-order valence-corrected chi connectivity index (χ2v) is 4.99. The summed E-state index contributed by atoms with van der Waals surface area (Å²) in [4.78, 5) is 6.41. The molecule has 1 aromatic heterocycles. The van der Waals surface area contributed by atoms with Gasteiger partial charge in [0, 0.05) is 19.6 Å². The molecule has 1 saturated heterocycles. The van der Waals surface area contributed by atoms with Crippen LogP contribution in [0, 0.1) is 5.92 Å². The Bertz CT molecular complexity index is 448. The quantitative estimate of drug-likeness (QED) is 0.567. The smallest absolute Gasteiger partial charge is 0.191 e. The maximum absolute atomic E-state index is 5.97. The van der Waals surface area contributed by atoms with Crippen molar-refractivity contribution in [2.45, 2.75) is 25.9 Å². The topological polar surface area (TPSA) is 94.4 Å². The standard InChI is InChI=1S/C11H19N7O/c12-11(17-3-5-19-6-4-17)13-7-10-14-15-16-18(10)8-9-1-2-9/h9H,1-8H2,(H2,12,13). The van der Waals surface area contributed by atoms with Crippen molar-refractivity contribution in [2.24, 2.45) is 16.6 Å². The fourth-order valence-electron chi connectivity index (χ4n) is 2.07. The third kappa shape index (κ3) is 3.19. The predicted octanol–water partition coefficient (Wildman–Crippen LogP) is -0.770. The third-order valence-electron chi connectivity index (χ3n) is 3.45. The predicted molar refractivity (Wildman–Crippen MR) is 68.3 cm³/mol. The molecule has 2 N–H and O–H groups in total. The van der Waals surface area contributed by atoms with Gasteiger partial charge >= 0.3 is 0 Å². The Morgan fingerprint density at radius 2 is 2.16 bits per heavy atom. The SMILES string of the molecule is NC(=NCc1nnnn1CC1CC1)N1CCOCC1. The summed E-state index contributed by atoms with van der Waals surface area (Å²) in [6.07, 6.45) is 2.55. The van der Waals surface area contributed by atoms with Crippen molar-refractivity contribution in [2.75, 3.05) is 26.3 Å². The number of hydrogen-bond acceptors (Lipinski definition) is 5. The summed E-state index contributed by atoms with van der Waals surface area (Å²) in [5.74, 6) is 2.07. The van der Waals surface area contributed by atoms with Gasteiger partial charge in [-0.05, 0) is 29.2 Å². The van der Waals surface area contributed by atoms with Gasteiger partial charge in [-0.2, -0.15) is 0 Å². The summed E-state index contributed by atoms with van der Waals surface area (Å²) in [7, 11) is 0. The van der Waals surface area contributed by atoms with Gasteiger partial charge in [0.25, 0.3) is 0 Å². The van der Waals surface area contributed by atoms with E-state index >= 15 is 0 Å². The van der Waals surface area contributed by atoms with Crippen molar-refractivity contribution in [1.29, 1.82) is 0 Å². The molecule has 0 atom stereocenters. The monoisotopic (exact) mass is 265 g/mol. The van der Waals surface area contributed by atoms with E-state index in [9.17, 15) is 0 Å². The molecule has 0 amide bonds. The summed E-state index contributed by atoms with van der Waals surface area (Å²) < 4.78 is 7.12. The number of aromatic nitrogens is 4. The first-order chi connectivity index (χ1) is 9.33. The molecule has 0 radical (unpaired) electrons. The van der Waals surface area contributed by atoms with Crippen LogP contribution in [0.4, 0.5) is 0 Å². The highest BCUT2D eigenvalue weighted by Gasteiger charge is 2.23. The minimum atomic E-state index is 0.433. The summed E-state index contributed by atoms with van der Waals surface area (Å²) in [5, 5.41) is 11.7.